The highest BCUT2D eigenvalue weighted by Crippen LogP contribution is 2.29. The first-order valence-corrected chi connectivity index (χ1v) is 11.3. The summed E-state index contributed by atoms with van der Waals surface area (Å²) in [6.45, 7) is 1.93. The lowest BCUT2D eigenvalue weighted by Crippen LogP contribution is -2.56. The normalized spacial score (nSPS) is 12.2. The van der Waals surface area contributed by atoms with Gasteiger partial charge < -0.3 is 16.0 Å². The van der Waals surface area contributed by atoms with Crippen molar-refractivity contribution in [2.45, 2.75) is 16.9 Å². The molecule has 0 aliphatic carbocycles. The summed E-state index contributed by atoms with van der Waals surface area (Å²) in [7, 11) is 0. The predicted octanol–water partition coefficient (Wildman–Crippen LogP) is 6.82. The van der Waals surface area contributed by atoms with Crippen LogP contribution in [0.2, 0.25) is 0 Å². The van der Waals surface area contributed by atoms with Crippen LogP contribution in [0.5, 0.6) is 0 Å². The molecule has 6 nitrogen and oxygen atoms in total. The molecule has 0 heterocycles. The van der Waals surface area contributed by atoms with E-state index in [1.165, 1.54) is 0 Å². The molecule has 1 amide bonds. The zero-order valence-corrected chi connectivity index (χ0v) is 20.5. The van der Waals surface area contributed by atoms with Gasteiger partial charge >= 0.3 is 0 Å². The van der Waals surface area contributed by atoms with E-state index in [1.807, 2.05) is 49.4 Å². The lowest BCUT2D eigenvalue weighted by molar-refractivity contribution is 0.0934. The van der Waals surface area contributed by atoms with Gasteiger partial charge in [-0.2, -0.15) is 10.2 Å². The second kappa shape index (κ2) is 11.4. The quantitative estimate of drug-likeness (QED) is 0.144. The summed E-state index contributed by atoms with van der Waals surface area (Å²) in [6, 6.07) is 23.6. The molecule has 0 fully saturated rings. The number of carbonyl (C=O) groups is 1. The van der Waals surface area contributed by atoms with Crippen LogP contribution in [0, 0.1) is 6.92 Å². The fourth-order valence-electron chi connectivity index (χ4n) is 2.64. The molecule has 0 aromatic heterocycles. The van der Waals surface area contributed by atoms with Gasteiger partial charge in [-0.3, -0.25) is 4.79 Å². The number of halogens is 3. The van der Waals surface area contributed by atoms with E-state index >= 15 is 0 Å². The molecule has 3 aromatic rings. The first kappa shape index (κ1) is 24.9. The number of thiocarbonyl (C=S) groups is 1. The zero-order valence-electron chi connectivity index (χ0n) is 17.4. The summed E-state index contributed by atoms with van der Waals surface area (Å²) in [5, 5.41) is 17.0. The van der Waals surface area contributed by atoms with Crippen molar-refractivity contribution < 1.29 is 4.79 Å². The summed E-state index contributed by atoms with van der Waals surface area (Å²) in [4.78, 5) is 12.5. The number of benzene rings is 3. The largest absolute Gasteiger partial charge is 0.339 e. The van der Waals surface area contributed by atoms with E-state index in [0.717, 1.165) is 11.3 Å². The minimum atomic E-state index is -1.85. The van der Waals surface area contributed by atoms with Crippen LogP contribution in [0.15, 0.2) is 89.1 Å². The van der Waals surface area contributed by atoms with Crippen LogP contribution >= 0.6 is 47.0 Å². The smallest absolute Gasteiger partial charge is 0.252 e. The van der Waals surface area contributed by atoms with Crippen LogP contribution in [0.1, 0.15) is 15.9 Å². The Balaban J connectivity index is 1.60. The standard InChI is InChI=1S/C23H20Cl3N5OS/c1-15-7-9-16(10-8-15)20(32)28-21(23(24,25)26)29-22(33)27-17-11-13-19(14-12-17)31-30-18-5-3-2-4-6-18/h2-14,21H,1H3,(H,28,32)(H2,27,29,33). The molecular formula is C23H20Cl3N5OS. The number of nitrogens with one attached hydrogen (secondary N) is 3. The number of azo groups is 1. The van der Waals surface area contributed by atoms with Crippen molar-refractivity contribution in [1.82, 2.24) is 10.6 Å². The fraction of sp³-hybridized carbons (Fsp3) is 0.130. The topological polar surface area (TPSA) is 77.9 Å². The van der Waals surface area contributed by atoms with Gasteiger partial charge in [0.25, 0.3) is 5.91 Å². The van der Waals surface area contributed by atoms with E-state index in [0.29, 0.717) is 16.9 Å². The van der Waals surface area contributed by atoms with Gasteiger partial charge in [-0.1, -0.05) is 70.7 Å². The van der Waals surface area contributed by atoms with E-state index in [1.54, 1.807) is 36.4 Å². The molecule has 0 saturated carbocycles. The Bertz CT molecular complexity index is 1120. The SMILES string of the molecule is Cc1ccc(C(=O)NC(NC(=S)Nc2ccc(N=Nc3ccccc3)cc2)C(Cl)(Cl)Cl)cc1. The van der Waals surface area contributed by atoms with Gasteiger partial charge in [-0.05, 0) is 67.7 Å². The number of hydrogen-bond donors (Lipinski definition) is 3. The average Bonchev–Trinajstić information content (AvgIpc) is 2.78. The molecule has 0 aliphatic heterocycles. The maximum atomic E-state index is 12.5. The Morgan fingerprint density at radius 3 is 2.00 bits per heavy atom. The first-order valence-electron chi connectivity index (χ1n) is 9.79. The second-order valence-corrected chi connectivity index (χ2v) is 9.77. The number of aryl methyl sites for hydroxylation is 1. The molecular weight excluding hydrogens is 501 g/mol. The molecule has 3 N–H and O–H groups in total. The Hall–Kier alpha value is -2.71. The van der Waals surface area contributed by atoms with Gasteiger partial charge in [0.2, 0.25) is 3.79 Å². The molecule has 0 radical (unpaired) electrons. The van der Waals surface area contributed by atoms with Gasteiger partial charge in [0.1, 0.15) is 6.17 Å². The van der Waals surface area contributed by atoms with Crippen molar-refractivity contribution in [1.29, 1.82) is 0 Å². The lowest BCUT2D eigenvalue weighted by atomic mass is 10.1. The minimum Gasteiger partial charge on any atom is -0.339 e. The number of nitrogens with zero attached hydrogens (tertiary/aromatic N) is 2. The maximum Gasteiger partial charge on any atom is 0.252 e. The highest BCUT2D eigenvalue weighted by Gasteiger charge is 2.34. The van der Waals surface area contributed by atoms with Crippen molar-refractivity contribution in [2.24, 2.45) is 10.2 Å². The van der Waals surface area contributed by atoms with E-state index < -0.39 is 15.9 Å². The second-order valence-electron chi connectivity index (χ2n) is 6.99. The molecule has 33 heavy (non-hydrogen) atoms. The Morgan fingerprint density at radius 2 is 1.42 bits per heavy atom. The minimum absolute atomic E-state index is 0.161. The molecule has 3 aromatic carbocycles. The van der Waals surface area contributed by atoms with Gasteiger partial charge in [-0.25, -0.2) is 0 Å². The molecule has 1 unspecified atom stereocenters. The van der Waals surface area contributed by atoms with Gasteiger partial charge in [0.15, 0.2) is 5.11 Å². The zero-order chi connectivity index (χ0) is 23.8. The monoisotopic (exact) mass is 519 g/mol. The van der Waals surface area contributed by atoms with Crippen LogP contribution < -0.4 is 16.0 Å². The number of alkyl halides is 3. The third kappa shape index (κ3) is 7.98. The van der Waals surface area contributed by atoms with Crippen molar-refractivity contribution in [3.8, 4) is 0 Å². The molecule has 10 heteroatoms. The van der Waals surface area contributed by atoms with Gasteiger partial charge in [0.05, 0.1) is 11.4 Å². The van der Waals surface area contributed by atoms with E-state index in [2.05, 4.69) is 26.2 Å². The van der Waals surface area contributed by atoms with Crippen LogP contribution in [0.25, 0.3) is 0 Å². The van der Waals surface area contributed by atoms with E-state index in [-0.39, 0.29) is 5.11 Å². The molecule has 1 atom stereocenters. The number of amides is 1. The Labute approximate surface area is 212 Å². The lowest BCUT2D eigenvalue weighted by Gasteiger charge is -2.27. The molecule has 0 aliphatic rings. The first-order chi connectivity index (χ1) is 15.7. The predicted molar refractivity (Wildman–Crippen MR) is 139 cm³/mol. The van der Waals surface area contributed by atoms with Crippen molar-refractivity contribution >= 4 is 75.1 Å². The van der Waals surface area contributed by atoms with Crippen LogP contribution in [-0.2, 0) is 0 Å². The number of rotatable bonds is 6. The van der Waals surface area contributed by atoms with Crippen molar-refractivity contribution in [2.75, 3.05) is 5.32 Å². The highest BCUT2D eigenvalue weighted by atomic mass is 35.6. The fourth-order valence-corrected chi connectivity index (χ4v) is 3.20. The van der Waals surface area contributed by atoms with Crippen LogP contribution in [0.4, 0.5) is 17.1 Å². The summed E-state index contributed by atoms with van der Waals surface area (Å²) >= 11 is 23.5. The molecule has 0 bridgehead atoms. The Kier molecular flexibility index (Phi) is 8.63. The third-order valence-electron chi connectivity index (χ3n) is 4.35. The summed E-state index contributed by atoms with van der Waals surface area (Å²) in [5.74, 6) is -0.408. The third-order valence-corrected chi connectivity index (χ3v) is 5.23. The van der Waals surface area contributed by atoms with Crippen molar-refractivity contribution in [3.63, 3.8) is 0 Å². The van der Waals surface area contributed by atoms with Gasteiger partial charge in [-0.15, -0.1) is 0 Å². The molecule has 0 saturated heterocycles. The number of carbonyl (C=O) groups excluding carboxylic acids is 1. The van der Waals surface area contributed by atoms with E-state index in [9.17, 15) is 4.79 Å². The summed E-state index contributed by atoms with van der Waals surface area (Å²) in [6.07, 6.45) is -1.07. The Morgan fingerprint density at radius 1 is 0.848 bits per heavy atom. The molecule has 3 rings (SSSR count). The van der Waals surface area contributed by atoms with Gasteiger partial charge in [0, 0.05) is 11.3 Å². The molecule has 170 valence electrons. The average molecular weight is 521 g/mol. The highest BCUT2D eigenvalue weighted by molar-refractivity contribution is 7.80. The number of anilines is 1. The van der Waals surface area contributed by atoms with Crippen LogP contribution in [-0.4, -0.2) is 21.0 Å². The van der Waals surface area contributed by atoms with Crippen LogP contribution in [0.3, 0.4) is 0 Å². The number of hydrogen-bond acceptors (Lipinski definition) is 4. The van der Waals surface area contributed by atoms with E-state index in [4.69, 9.17) is 47.0 Å². The summed E-state index contributed by atoms with van der Waals surface area (Å²) in [5.41, 5.74) is 3.57. The maximum absolute atomic E-state index is 12.5. The molecule has 0 spiro atoms. The van der Waals surface area contributed by atoms with Crippen molar-refractivity contribution in [3.05, 3.63) is 90.0 Å². The summed E-state index contributed by atoms with van der Waals surface area (Å²) < 4.78 is -1.85.